The molecule has 152 valence electrons. The van der Waals surface area contributed by atoms with Crippen molar-refractivity contribution in [1.82, 2.24) is 13.6 Å². The number of fused-ring (bicyclic) bond motifs is 1. The molecule has 0 radical (unpaired) electrons. The molecule has 0 unspecified atom stereocenters. The summed E-state index contributed by atoms with van der Waals surface area (Å²) in [5, 5.41) is 0.813. The molecule has 2 aromatic rings. The van der Waals surface area contributed by atoms with Crippen molar-refractivity contribution in [2.24, 2.45) is 0 Å². The predicted octanol–water partition coefficient (Wildman–Crippen LogP) is 2.93. The van der Waals surface area contributed by atoms with Crippen LogP contribution in [0.2, 0.25) is 0 Å². The van der Waals surface area contributed by atoms with Crippen LogP contribution in [0.3, 0.4) is 0 Å². The second-order valence-corrected chi connectivity index (χ2v) is 9.59. The molecule has 28 heavy (non-hydrogen) atoms. The fourth-order valence-corrected chi connectivity index (χ4v) is 5.84. The summed E-state index contributed by atoms with van der Waals surface area (Å²) in [7, 11) is -3.38. The van der Waals surface area contributed by atoms with Crippen molar-refractivity contribution >= 4 is 26.9 Å². The summed E-state index contributed by atoms with van der Waals surface area (Å²) in [6.07, 6.45) is 3.76. The van der Waals surface area contributed by atoms with Gasteiger partial charge in [-0.05, 0) is 56.0 Å². The van der Waals surface area contributed by atoms with Gasteiger partial charge in [-0.1, -0.05) is 6.42 Å². The number of hydrogen-bond donors (Lipinski definition) is 0. The molecule has 2 saturated heterocycles. The molecule has 1 aromatic heterocycles. The Morgan fingerprint density at radius 1 is 0.893 bits per heavy atom. The molecule has 0 atom stereocenters. The molecule has 2 fully saturated rings. The summed E-state index contributed by atoms with van der Waals surface area (Å²) in [5.41, 5.74) is 1.74. The van der Waals surface area contributed by atoms with Gasteiger partial charge in [0.15, 0.2) is 0 Å². The number of piperidine rings is 1. The van der Waals surface area contributed by atoms with E-state index < -0.39 is 10.2 Å². The average molecular weight is 407 g/mol. The molecule has 2 aliphatic heterocycles. The van der Waals surface area contributed by atoms with E-state index in [1.807, 2.05) is 13.0 Å². The van der Waals surface area contributed by atoms with Gasteiger partial charge in [0.05, 0.1) is 5.52 Å². The largest absolute Gasteiger partial charge is 0.355 e. The van der Waals surface area contributed by atoms with Crippen LogP contribution in [0.5, 0.6) is 0 Å². The van der Waals surface area contributed by atoms with Crippen LogP contribution in [-0.4, -0.2) is 61.3 Å². The molecule has 0 N–H and O–H groups in total. The first-order chi connectivity index (χ1) is 13.4. The zero-order valence-electron chi connectivity index (χ0n) is 16.3. The van der Waals surface area contributed by atoms with Gasteiger partial charge in [-0.3, -0.25) is 0 Å². The quantitative estimate of drug-likeness (QED) is 0.787. The molecule has 8 heteroatoms. The molecule has 0 aliphatic carbocycles. The van der Waals surface area contributed by atoms with E-state index in [2.05, 4.69) is 4.90 Å². The van der Waals surface area contributed by atoms with Crippen molar-refractivity contribution in [1.29, 1.82) is 0 Å². The normalized spacial score (nSPS) is 20.4. The van der Waals surface area contributed by atoms with Crippen molar-refractivity contribution in [3.8, 4) is 0 Å². The lowest BCUT2D eigenvalue weighted by atomic mass is 10.1. The lowest BCUT2D eigenvalue weighted by molar-refractivity contribution is 0.307. The van der Waals surface area contributed by atoms with Gasteiger partial charge in [-0.2, -0.15) is 17.0 Å². The zero-order chi connectivity index (χ0) is 19.7. The lowest BCUT2D eigenvalue weighted by Gasteiger charge is -2.31. The summed E-state index contributed by atoms with van der Waals surface area (Å²) >= 11 is 0. The summed E-state index contributed by atoms with van der Waals surface area (Å²) in [4.78, 5) is 6.84. The van der Waals surface area contributed by atoms with Gasteiger partial charge in [-0.25, -0.2) is 9.37 Å². The summed E-state index contributed by atoms with van der Waals surface area (Å²) < 4.78 is 42.8. The highest BCUT2D eigenvalue weighted by atomic mass is 32.2. The summed E-state index contributed by atoms with van der Waals surface area (Å²) in [5.74, 6) is 0.562. The van der Waals surface area contributed by atoms with E-state index in [1.54, 1.807) is 14.7 Å². The smallest absolute Gasteiger partial charge is 0.282 e. The van der Waals surface area contributed by atoms with Gasteiger partial charge in [0, 0.05) is 44.7 Å². The minimum atomic E-state index is -3.38. The Kier molecular flexibility index (Phi) is 5.53. The van der Waals surface area contributed by atoms with Crippen LogP contribution in [0.4, 0.5) is 10.2 Å². The van der Waals surface area contributed by atoms with Gasteiger partial charge in [-0.15, -0.1) is 0 Å². The number of nitrogens with zero attached hydrogens (tertiary/aromatic N) is 4. The Morgan fingerprint density at radius 3 is 2.39 bits per heavy atom. The van der Waals surface area contributed by atoms with E-state index in [1.165, 1.54) is 12.1 Å². The van der Waals surface area contributed by atoms with Crippen molar-refractivity contribution in [2.45, 2.75) is 32.6 Å². The van der Waals surface area contributed by atoms with E-state index >= 15 is 0 Å². The number of halogens is 1. The second kappa shape index (κ2) is 7.93. The number of aromatic nitrogens is 1. The van der Waals surface area contributed by atoms with Gasteiger partial charge in [0.1, 0.15) is 11.6 Å². The fourth-order valence-electron chi connectivity index (χ4n) is 4.12. The van der Waals surface area contributed by atoms with Gasteiger partial charge >= 0.3 is 0 Å². The van der Waals surface area contributed by atoms with E-state index in [-0.39, 0.29) is 5.82 Å². The lowest BCUT2D eigenvalue weighted by Crippen LogP contribution is -2.47. The molecule has 0 amide bonds. The Labute approximate surface area is 166 Å². The van der Waals surface area contributed by atoms with Gasteiger partial charge in [0.2, 0.25) is 0 Å². The third kappa shape index (κ3) is 3.86. The molecular formula is C20H27FN4O2S. The third-order valence-corrected chi connectivity index (χ3v) is 7.75. The highest BCUT2D eigenvalue weighted by Gasteiger charge is 2.32. The van der Waals surface area contributed by atoms with Crippen molar-refractivity contribution in [3.63, 3.8) is 0 Å². The number of anilines is 1. The van der Waals surface area contributed by atoms with Crippen LogP contribution in [0, 0.1) is 12.7 Å². The van der Waals surface area contributed by atoms with Gasteiger partial charge in [0.25, 0.3) is 10.2 Å². The first kappa shape index (κ1) is 19.5. The van der Waals surface area contributed by atoms with Crippen LogP contribution in [0.15, 0.2) is 24.3 Å². The molecular weight excluding hydrogens is 379 g/mol. The zero-order valence-corrected chi connectivity index (χ0v) is 17.1. The highest BCUT2D eigenvalue weighted by molar-refractivity contribution is 7.86. The number of benzene rings is 1. The van der Waals surface area contributed by atoms with E-state index in [4.69, 9.17) is 4.98 Å². The number of aryl methyl sites for hydroxylation is 1. The van der Waals surface area contributed by atoms with E-state index in [0.717, 1.165) is 54.5 Å². The third-order valence-electron chi connectivity index (χ3n) is 5.71. The number of hydrogen-bond acceptors (Lipinski definition) is 4. The van der Waals surface area contributed by atoms with E-state index in [0.29, 0.717) is 32.7 Å². The maximum Gasteiger partial charge on any atom is 0.282 e. The van der Waals surface area contributed by atoms with Crippen LogP contribution in [0.25, 0.3) is 10.9 Å². The molecule has 1 aromatic carbocycles. The maximum atomic E-state index is 13.5. The minimum Gasteiger partial charge on any atom is -0.355 e. The molecule has 2 aliphatic rings. The predicted molar refractivity (Wildman–Crippen MR) is 109 cm³/mol. The van der Waals surface area contributed by atoms with Crippen LogP contribution in [-0.2, 0) is 10.2 Å². The molecule has 0 saturated carbocycles. The molecule has 3 heterocycles. The highest BCUT2D eigenvalue weighted by Crippen LogP contribution is 2.25. The van der Waals surface area contributed by atoms with Gasteiger partial charge < -0.3 is 4.90 Å². The van der Waals surface area contributed by atoms with E-state index in [9.17, 15) is 12.8 Å². The Bertz CT molecular complexity index is 960. The molecule has 4 rings (SSSR count). The Morgan fingerprint density at radius 2 is 1.61 bits per heavy atom. The molecule has 0 bridgehead atoms. The topological polar surface area (TPSA) is 56.8 Å². The number of pyridine rings is 1. The van der Waals surface area contributed by atoms with Crippen LogP contribution < -0.4 is 4.90 Å². The first-order valence-electron chi connectivity index (χ1n) is 10.0. The maximum absolute atomic E-state index is 13.5. The standard InChI is InChI=1S/C20H27FN4O2S/c1-16-14-20(22-19-7-6-17(21)15-18(16)19)23-8-5-11-25(13-12-23)28(26,27)24-9-3-2-4-10-24/h6-7,14-15H,2-5,8-13H2,1H3. The van der Waals surface area contributed by atoms with Crippen molar-refractivity contribution in [2.75, 3.05) is 44.2 Å². The summed E-state index contributed by atoms with van der Waals surface area (Å²) in [6, 6.07) is 6.60. The van der Waals surface area contributed by atoms with Crippen LogP contribution >= 0.6 is 0 Å². The second-order valence-electron chi connectivity index (χ2n) is 7.67. The summed E-state index contributed by atoms with van der Waals surface area (Å²) in [6.45, 7) is 5.57. The SMILES string of the molecule is Cc1cc(N2CCCN(S(=O)(=O)N3CCCCC3)CC2)nc2ccc(F)cc12. The average Bonchev–Trinajstić information content (AvgIpc) is 2.96. The Balaban J connectivity index is 1.52. The molecule has 0 spiro atoms. The van der Waals surface area contributed by atoms with Crippen molar-refractivity contribution < 1.29 is 12.8 Å². The Hall–Kier alpha value is -1.77. The molecule has 6 nitrogen and oxygen atoms in total. The van der Waals surface area contributed by atoms with Crippen LogP contribution in [0.1, 0.15) is 31.2 Å². The van der Waals surface area contributed by atoms with Crippen molar-refractivity contribution in [3.05, 3.63) is 35.6 Å². The first-order valence-corrected chi connectivity index (χ1v) is 11.4. The number of rotatable bonds is 3. The fraction of sp³-hybridized carbons (Fsp3) is 0.550. The monoisotopic (exact) mass is 406 g/mol. The minimum absolute atomic E-state index is 0.265.